The van der Waals surface area contributed by atoms with Crippen LogP contribution in [0.15, 0.2) is 18.2 Å². The van der Waals surface area contributed by atoms with Crippen LogP contribution in [0.5, 0.6) is 11.5 Å². The van der Waals surface area contributed by atoms with Crippen molar-refractivity contribution in [3.8, 4) is 11.5 Å². The highest BCUT2D eigenvalue weighted by Gasteiger charge is 2.27. The third kappa shape index (κ3) is 3.38. The van der Waals surface area contributed by atoms with Gasteiger partial charge in [-0.25, -0.2) is 0 Å². The molecule has 5 heteroatoms. The lowest BCUT2D eigenvalue weighted by Gasteiger charge is -2.19. The van der Waals surface area contributed by atoms with Crippen LogP contribution < -0.4 is 5.32 Å². The molecular weight excluding hydrogens is 244 g/mol. The number of nitrogens with one attached hydrogen (secondary N) is 1. The molecule has 0 saturated heterocycles. The van der Waals surface area contributed by atoms with Crippen LogP contribution in [0.2, 0.25) is 0 Å². The number of rotatable bonds is 6. The number of carbonyl (C=O) groups excluding carboxylic acids is 1. The van der Waals surface area contributed by atoms with E-state index in [1.807, 2.05) is 0 Å². The fraction of sp³-hybridized carbons (Fsp3) is 0.500. The van der Waals surface area contributed by atoms with Crippen LogP contribution in [-0.2, 0) is 0 Å². The van der Waals surface area contributed by atoms with Crippen molar-refractivity contribution in [2.24, 2.45) is 0 Å². The van der Waals surface area contributed by atoms with Gasteiger partial charge in [0.1, 0.15) is 17.1 Å². The van der Waals surface area contributed by atoms with E-state index in [1.54, 1.807) is 0 Å². The van der Waals surface area contributed by atoms with Gasteiger partial charge < -0.3 is 15.5 Å². The first-order valence-corrected chi connectivity index (χ1v) is 6.66. The molecule has 0 bridgehead atoms. The van der Waals surface area contributed by atoms with Gasteiger partial charge in [0.15, 0.2) is 0 Å². The second kappa shape index (κ2) is 5.93. The molecule has 3 N–H and O–H groups in total. The molecule has 0 aliphatic heterocycles. The van der Waals surface area contributed by atoms with E-state index in [4.69, 9.17) is 0 Å². The fourth-order valence-electron chi connectivity index (χ4n) is 2.20. The van der Waals surface area contributed by atoms with Crippen LogP contribution >= 0.6 is 0 Å². The highest BCUT2D eigenvalue weighted by atomic mass is 16.3. The van der Waals surface area contributed by atoms with Gasteiger partial charge in [0, 0.05) is 19.1 Å². The lowest BCUT2D eigenvalue weighted by Crippen LogP contribution is -2.36. The van der Waals surface area contributed by atoms with Crippen molar-refractivity contribution >= 4 is 5.91 Å². The topological polar surface area (TPSA) is 72.8 Å². The van der Waals surface area contributed by atoms with E-state index in [0.717, 1.165) is 13.1 Å². The van der Waals surface area contributed by atoms with E-state index in [-0.39, 0.29) is 17.1 Å². The summed E-state index contributed by atoms with van der Waals surface area (Å²) in [6.07, 6.45) is 2.48. The monoisotopic (exact) mass is 264 g/mol. The van der Waals surface area contributed by atoms with Crippen LogP contribution in [0.1, 0.15) is 30.1 Å². The Morgan fingerprint density at radius 1 is 1.37 bits per heavy atom. The van der Waals surface area contributed by atoms with Crippen LogP contribution in [-0.4, -0.2) is 46.7 Å². The third-order valence-corrected chi connectivity index (χ3v) is 3.40. The second-order valence-corrected chi connectivity index (χ2v) is 4.79. The summed E-state index contributed by atoms with van der Waals surface area (Å²) < 4.78 is 0. The highest BCUT2D eigenvalue weighted by Crippen LogP contribution is 2.27. The maximum atomic E-state index is 11.9. The van der Waals surface area contributed by atoms with Crippen molar-refractivity contribution < 1.29 is 15.0 Å². The summed E-state index contributed by atoms with van der Waals surface area (Å²) in [6, 6.07) is 4.93. The predicted molar refractivity (Wildman–Crippen MR) is 72.4 cm³/mol. The Hall–Kier alpha value is -1.75. The van der Waals surface area contributed by atoms with E-state index in [2.05, 4.69) is 17.1 Å². The minimum atomic E-state index is -0.442. The van der Waals surface area contributed by atoms with Crippen LogP contribution in [0.3, 0.4) is 0 Å². The Balaban J connectivity index is 1.87. The van der Waals surface area contributed by atoms with Gasteiger partial charge in [-0.05, 0) is 31.5 Å². The van der Waals surface area contributed by atoms with Gasteiger partial charge in [0.2, 0.25) is 0 Å². The van der Waals surface area contributed by atoms with E-state index in [0.29, 0.717) is 12.6 Å². The Bertz CT molecular complexity index is 438. The van der Waals surface area contributed by atoms with Crippen molar-refractivity contribution in [3.63, 3.8) is 0 Å². The Morgan fingerprint density at radius 3 is 2.53 bits per heavy atom. The number of amides is 1. The number of phenolic OH excluding ortho intramolecular Hbond substituents is 2. The van der Waals surface area contributed by atoms with Crippen LogP contribution in [0.4, 0.5) is 0 Å². The molecule has 0 radical (unpaired) electrons. The number of phenols is 2. The van der Waals surface area contributed by atoms with Gasteiger partial charge in [0.25, 0.3) is 5.91 Å². The number of likely N-dealkylation sites (N-methyl/N-ethyl adjacent to an activating group) is 1. The zero-order valence-electron chi connectivity index (χ0n) is 11.1. The van der Waals surface area contributed by atoms with Gasteiger partial charge in [0.05, 0.1) is 0 Å². The summed E-state index contributed by atoms with van der Waals surface area (Å²) >= 11 is 0. The van der Waals surface area contributed by atoms with Gasteiger partial charge in [-0.2, -0.15) is 0 Å². The van der Waals surface area contributed by atoms with E-state index >= 15 is 0 Å². The maximum absolute atomic E-state index is 11.9. The van der Waals surface area contributed by atoms with Crippen molar-refractivity contribution in [1.82, 2.24) is 10.2 Å². The van der Waals surface area contributed by atoms with Crippen molar-refractivity contribution in [1.29, 1.82) is 0 Å². The van der Waals surface area contributed by atoms with Crippen molar-refractivity contribution in [3.05, 3.63) is 23.8 Å². The number of hydrogen-bond acceptors (Lipinski definition) is 4. The molecule has 1 aliphatic rings. The molecule has 5 nitrogen and oxygen atoms in total. The minimum absolute atomic E-state index is 0.0584. The number of hydrogen-bond donors (Lipinski definition) is 3. The molecule has 0 heterocycles. The minimum Gasteiger partial charge on any atom is -0.507 e. The smallest absolute Gasteiger partial charge is 0.258 e. The first-order valence-electron chi connectivity index (χ1n) is 6.66. The Morgan fingerprint density at radius 2 is 2.00 bits per heavy atom. The SMILES string of the molecule is CCN(CCNC(=O)c1c(O)cccc1O)C1CC1. The predicted octanol–water partition coefficient (Wildman–Crippen LogP) is 1.31. The molecule has 1 aromatic rings. The lowest BCUT2D eigenvalue weighted by atomic mass is 10.1. The molecule has 1 fully saturated rings. The quantitative estimate of drug-likeness (QED) is 0.724. The molecule has 1 amide bonds. The molecule has 0 atom stereocenters. The number of aromatic hydroxyl groups is 2. The van der Waals surface area contributed by atoms with E-state index in [1.165, 1.54) is 31.0 Å². The summed E-state index contributed by atoms with van der Waals surface area (Å²) in [5, 5.41) is 21.9. The van der Waals surface area contributed by atoms with Gasteiger partial charge in [-0.15, -0.1) is 0 Å². The second-order valence-electron chi connectivity index (χ2n) is 4.79. The zero-order valence-corrected chi connectivity index (χ0v) is 11.1. The molecule has 104 valence electrons. The van der Waals surface area contributed by atoms with E-state index in [9.17, 15) is 15.0 Å². The fourth-order valence-corrected chi connectivity index (χ4v) is 2.20. The molecule has 1 aliphatic carbocycles. The van der Waals surface area contributed by atoms with Crippen LogP contribution in [0.25, 0.3) is 0 Å². The summed E-state index contributed by atoms with van der Waals surface area (Å²) in [4.78, 5) is 14.2. The van der Waals surface area contributed by atoms with Crippen LogP contribution in [0, 0.1) is 0 Å². The third-order valence-electron chi connectivity index (χ3n) is 3.40. The Kier molecular flexibility index (Phi) is 4.27. The summed E-state index contributed by atoms with van der Waals surface area (Å²) in [6.45, 7) is 4.38. The number of nitrogens with zero attached hydrogens (tertiary/aromatic N) is 1. The molecule has 0 unspecified atom stereocenters. The highest BCUT2D eigenvalue weighted by molar-refractivity contribution is 5.99. The molecule has 0 spiro atoms. The van der Waals surface area contributed by atoms with E-state index < -0.39 is 5.91 Å². The van der Waals surface area contributed by atoms with Crippen molar-refractivity contribution in [2.45, 2.75) is 25.8 Å². The number of benzene rings is 1. The summed E-state index contributed by atoms with van der Waals surface area (Å²) in [7, 11) is 0. The number of carbonyl (C=O) groups is 1. The average Bonchev–Trinajstić information content (AvgIpc) is 3.18. The Labute approximate surface area is 112 Å². The lowest BCUT2D eigenvalue weighted by molar-refractivity contribution is 0.0942. The summed E-state index contributed by atoms with van der Waals surface area (Å²) in [5.41, 5.74) is -0.0584. The molecular formula is C14H20N2O3. The van der Waals surface area contributed by atoms with Gasteiger partial charge in [-0.3, -0.25) is 9.69 Å². The molecule has 1 aromatic carbocycles. The molecule has 2 rings (SSSR count). The summed E-state index contributed by atoms with van der Waals surface area (Å²) in [5.74, 6) is -0.846. The average molecular weight is 264 g/mol. The molecule has 1 saturated carbocycles. The van der Waals surface area contributed by atoms with Gasteiger partial charge >= 0.3 is 0 Å². The van der Waals surface area contributed by atoms with Gasteiger partial charge in [-0.1, -0.05) is 13.0 Å². The normalized spacial score (nSPS) is 14.6. The largest absolute Gasteiger partial charge is 0.507 e. The van der Waals surface area contributed by atoms with Crippen molar-refractivity contribution in [2.75, 3.05) is 19.6 Å². The zero-order chi connectivity index (χ0) is 13.8. The first kappa shape index (κ1) is 13.7. The standard InChI is InChI=1S/C14H20N2O3/c1-2-16(10-6-7-10)9-8-15-14(19)13-11(17)4-3-5-12(13)18/h3-5,10,17-18H,2,6-9H2,1H3,(H,15,19). The first-order chi connectivity index (χ1) is 9.13. The molecule has 19 heavy (non-hydrogen) atoms. The maximum Gasteiger partial charge on any atom is 0.258 e. The molecule has 0 aromatic heterocycles.